The van der Waals surface area contributed by atoms with Crippen molar-refractivity contribution in [2.24, 2.45) is 5.92 Å². The highest BCUT2D eigenvalue weighted by Gasteiger charge is 2.29. The number of aryl methyl sites for hydroxylation is 2. The molecular weight excluding hydrogens is 412 g/mol. The van der Waals surface area contributed by atoms with Crippen molar-refractivity contribution >= 4 is 34.2 Å². The molecule has 3 heterocycles. The first-order valence-corrected chi connectivity index (χ1v) is 11.1. The van der Waals surface area contributed by atoms with Crippen LogP contribution in [0.2, 0.25) is 5.02 Å². The molecule has 0 aliphatic carbocycles. The number of halogens is 1. The molecule has 1 aliphatic rings. The van der Waals surface area contributed by atoms with E-state index >= 15 is 0 Å². The number of nitrogens with one attached hydrogen (secondary N) is 1. The lowest BCUT2D eigenvalue weighted by Gasteiger charge is -2.33. The van der Waals surface area contributed by atoms with Gasteiger partial charge in [-0.25, -0.2) is 4.68 Å². The Kier molecular flexibility index (Phi) is 5.64. The second kappa shape index (κ2) is 8.11. The third-order valence-electron chi connectivity index (χ3n) is 5.72. The summed E-state index contributed by atoms with van der Waals surface area (Å²) in [5, 5.41) is 18.6. The van der Waals surface area contributed by atoms with Crippen LogP contribution in [0.15, 0.2) is 24.3 Å². The maximum atomic E-state index is 12.6. The average Bonchev–Trinajstić information content (AvgIpc) is 3.06. The van der Waals surface area contributed by atoms with Crippen LogP contribution in [0.3, 0.4) is 0 Å². The number of benzene rings is 1. The van der Waals surface area contributed by atoms with Crippen molar-refractivity contribution in [2.45, 2.75) is 53.0 Å². The van der Waals surface area contributed by atoms with Crippen LogP contribution < -0.4 is 10.2 Å². The second-order valence-corrected chi connectivity index (χ2v) is 9.74. The third-order valence-corrected chi connectivity index (χ3v) is 5.97. The number of hydrogen-bond acceptors (Lipinski definition) is 5. The van der Waals surface area contributed by atoms with Crippen LogP contribution in [0, 0.1) is 19.8 Å². The maximum Gasteiger partial charge on any atom is 0.223 e. The summed E-state index contributed by atoms with van der Waals surface area (Å²) in [7, 11) is 0. The molecule has 0 radical (unpaired) electrons. The number of fused-ring (bicyclic) bond motifs is 1. The zero-order valence-electron chi connectivity index (χ0n) is 18.7. The smallest absolute Gasteiger partial charge is 0.223 e. The van der Waals surface area contributed by atoms with Crippen LogP contribution in [0.5, 0.6) is 0 Å². The SMILES string of the molecule is Cc1nnc(N2CCC(C(=O)NC(C)(C)C)CC2)c2nn(-c3ccc(Cl)cc3)c(C)c12. The molecule has 164 valence electrons. The molecule has 2 aromatic heterocycles. The van der Waals surface area contributed by atoms with E-state index in [4.69, 9.17) is 16.7 Å². The molecule has 0 atom stereocenters. The van der Waals surface area contributed by atoms with E-state index in [0.29, 0.717) is 5.02 Å². The molecule has 1 aromatic carbocycles. The summed E-state index contributed by atoms with van der Waals surface area (Å²) in [6.07, 6.45) is 1.58. The molecule has 31 heavy (non-hydrogen) atoms. The number of carbonyl (C=O) groups is 1. The number of rotatable bonds is 3. The minimum absolute atomic E-state index is 0.0257. The highest BCUT2D eigenvalue weighted by atomic mass is 35.5. The summed E-state index contributed by atoms with van der Waals surface area (Å²) in [6.45, 7) is 11.5. The number of nitrogens with zero attached hydrogens (tertiary/aromatic N) is 5. The Bertz CT molecular complexity index is 1110. The van der Waals surface area contributed by atoms with E-state index in [1.165, 1.54) is 0 Å². The average molecular weight is 441 g/mol. The zero-order valence-corrected chi connectivity index (χ0v) is 19.5. The molecule has 0 bridgehead atoms. The Balaban J connectivity index is 1.62. The molecule has 8 heteroatoms. The molecule has 4 rings (SSSR count). The summed E-state index contributed by atoms with van der Waals surface area (Å²) in [5.41, 5.74) is 3.45. The van der Waals surface area contributed by atoms with Gasteiger partial charge in [-0.1, -0.05) is 11.6 Å². The first-order valence-electron chi connectivity index (χ1n) is 10.7. The van der Waals surface area contributed by atoms with Crippen molar-refractivity contribution in [1.82, 2.24) is 25.3 Å². The van der Waals surface area contributed by atoms with E-state index < -0.39 is 0 Å². The van der Waals surface area contributed by atoms with Gasteiger partial charge in [-0.3, -0.25) is 4.79 Å². The van der Waals surface area contributed by atoms with Gasteiger partial charge in [-0.2, -0.15) is 10.2 Å². The molecule has 1 saturated heterocycles. The van der Waals surface area contributed by atoms with Crippen molar-refractivity contribution in [3.05, 3.63) is 40.7 Å². The maximum absolute atomic E-state index is 12.6. The molecular formula is C23H29ClN6O. The Morgan fingerprint density at radius 3 is 2.35 bits per heavy atom. The Morgan fingerprint density at radius 2 is 1.74 bits per heavy atom. The molecule has 1 N–H and O–H groups in total. The molecule has 0 unspecified atom stereocenters. The van der Waals surface area contributed by atoms with Gasteiger partial charge < -0.3 is 10.2 Å². The second-order valence-electron chi connectivity index (χ2n) is 9.31. The number of carbonyl (C=O) groups excluding carboxylic acids is 1. The van der Waals surface area contributed by atoms with Crippen molar-refractivity contribution in [3.8, 4) is 5.69 Å². The van der Waals surface area contributed by atoms with E-state index in [0.717, 1.165) is 59.7 Å². The van der Waals surface area contributed by atoms with E-state index in [2.05, 4.69) is 20.4 Å². The highest BCUT2D eigenvalue weighted by molar-refractivity contribution is 6.30. The van der Waals surface area contributed by atoms with Gasteiger partial charge >= 0.3 is 0 Å². The zero-order chi connectivity index (χ0) is 22.3. The fourth-order valence-corrected chi connectivity index (χ4v) is 4.31. The van der Waals surface area contributed by atoms with Crippen LogP contribution in [-0.2, 0) is 4.79 Å². The molecule has 0 spiro atoms. The first-order chi connectivity index (χ1) is 14.6. The lowest BCUT2D eigenvalue weighted by molar-refractivity contribution is -0.127. The van der Waals surface area contributed by atoms with Crippen molar-refractivity contribution in [3.63, 3.8) is 0 Å². The van der Waals surface area contributed by atoms with Crippen LogP contribution >= 0.6 is 11.6 Å². The molecule has 0 saturated carbocycles. The minimum Gasteiger partial charge on any atom is -0.353 e. The van der Waals surface area contributed by atoms with Crippen molar-refractivity contribution < 1.29 is 4.79 Å². The Labute approximate surface area is 187 Å². The summed E-state index contributed by atoms with van der Waals surface area (Å²) in [5.74, 6) is 0.943. The molecule has 1 fully saturated rings. The summed E-state index contributed by atoms with van der Waals surface area (Å²) in [4.78, 5) is 14.8. The van der Waals surface area contributed by atoms with Crippen molar-refractivity contribution in [1.29, 1.82) is 0 Å². The van der Waals surface area contributed by atoms with Gasteiger partial charge in [0.05, 0.1) is 22.5 Å². The van der Waals surface area contributed by atoms with E-state index in [-0.39, 0.29) is 17.4 Å². The van der Waals surface area contributed by atoms with Crippen LogP contribution in [0.1, 0.15) is 45.0 Å². The summed E-state index contributed by atoms with van der Waals surface area (Å²) >= 11 is 6.05. The molecule has 7 nitrogen and oxygen atoms in total. The van der Waals surface area contributed by atoms with Crippen molar-refractivity contribution in [2.75, 3.05) is 18.0 Å². The summed E-state index contributed by atoms with van der Waals surface area (Å²) in [6, 6.07) is 7.63. The topological polar surface area (TPSA) is 75.9 Å². The number of aromatic nitrogens is 4. The lowest BCUT2D eigenvalue weighted by Crippen LogP contribution is -2.47. The van der Waals surface area contributed by atoms with Gasteiger partial charge in [0.15, 0.2) is 5.82 Å². The predicted molar refractivity (Wildman–Crippen MR) is 124 cm³/mol. The van der Waals surface area contributed by atoms with E-state index in [9.17, 15) is 4.79 Å². The normalized spacial score (nSPS) is 15.5. The number of piperidine rings is 1. The number of hydrogen-bond donors (Lipinski definition) is 1. The van der Waals surface area contributed by atoms with Crippen LogP contribution in [0.25, 0.3) is 16.6 Å². The lowest BCUT2D eigenvalue weighted by atomic mass is 9.94. The van der Waals surface area contributed by atoms with Gasteiger partial charge in [0.25, 0.3) is 0 Å². The number of amides is 1. The Morgan fingerprint density at radius 1 is 1.10 bits per heavy atom. The van der Waals surface area contributed by atoms with Gasteiger partial charge in [-0.05, 0) is 71.7 Å². The number of anilines is 1. The summed E-state index contributed by atoms with van der Waals surface area (Å²) < 4.78 is 1.92. The predicted octanol–water partition coefficient (Wildman–Crippen LogP) is 4.22. The van der Waals surface area contributed by atoms with Crippen LogP contribution in [-0.4, -0.2) is 44.5 Å². The highest BCUT2D eigenvalue weighted by Crippen LogP contribution is 2.31. The fourth-order valence-electron chi connectivity index (χ4n) is 4.18. The molecule has 1 amide bonds. The van der Waals surface area contributed by atoms with Gasteiger partial charge in [0.2, 0.25) is 5.91 Å². The molecule has 3 aromatic rings. The Hall–Kier alpha value is -2.67. The minimum atomic E-state index is -0.213. The quantitative estimate of drug-likeness (QED) is 0.660. The largest absolute Gasteiger partial charge is 0.353 e. The van der Waals surface area contributed by atoms with Gasteiger partial charge in [0.1, 0.15) is 5.52 Å². The van der Waals surface area contributed by atoms with E-state index in [1.807, 2.05) is 63.6 Å². The monoisotopic (exact) mass is 440 g/mol. The van der Waals surface area contributed by atoms with Gasteiger partial charge in [0, 0.05) is 29.6 Å². The molecule has 1 aliphatic heterocycles. The third kappa shape index (κ3) is 4.37. The standard InChI is InChI=1S/C23H29ClN6O/c1-14-19-15(2)30(18-8-6-17(24)7-9-18)28-20(19)21(27-26-14)29-12-10-16(11-13-29)22(31)25-23(3,4)5/h6-9,16H,10-13H2,1-5H3,(H,25,31). The fraction of sp³-hybridized carbons (Fsp3) is 0.478. The van der Waals surface area contributed by atoms with E-state index in [1.54, 1.807) is 0 Å². The first kappa shape index (κ1) is 21.6. The van der Waals surface area contributed by atoms with Crippen LogP contribution in [0.4, 0.5) is 5.82 Å². The van der Waals surface area contributed by atoms with Gasteiger partial charge in [-0.15, -0.1) is 5.10 Å².